The Balaban J connectivity index is 1.34. The molecule has 2 aromatic heterocycles. The summed E-state index contributed by atoms with van der Waals surface area (Å²) in [7, 11) is 0. The lowest BCUT2D eigenvalue weighted by atomic mass is 9.85. The van der Waals surface area contributed by atoms with Gasteiger partial charge < -0.3 is 9.80 Å². The Bertz CT molecular complexity index is 1410. The predicted molar refractivity (Wildman–Crippen MR) is 132 cm³/mol. The highest BCUT2D eigenvalue weighted by atomic mass is 16.2. The van der Waals surface area contributed by atoms with Crippen LogP contribution in [-0.4, -0.2) is 63.0 Å². The number of carbonyl (C=O) groups excluding carboxylic acids is 2. The van der Waals surface area contributed by atoms with Crippen LogP contribution in [0.3, 0.4) is 0 Å². The number of aromatic amines is 1. The largest absolute Gasteiger partial charge is 0.339 e. The van der Waals surface area contributed by atoms with E-state index in [1.807, 2.05) is 41.4 Å². The first-order valence-electron chi connectivity index (χ1n) is 12.0. The van der Waals surface area contributed by atoms with Gasteiger partial charge in [-0.05, 0) is 61.1 Å². The number of nitrogens with zero attached hydrogens (tertiary/aromatic N) is 4. The van der Waals surface area contributed by atoms with Gasteiger partial charge in [0.2, 0.25) is 5.91 Å². The van der Waals surface area contributed by atoms with Crippen molar-refractivity contribution in [1.29, 1.82) is 0 Å². The number of aromatic nitrogens is 3. The number of carbonyl (C=O) groups is 2. The summed E-state index contributed by atoms with van der Waals surface area (Å²) < 4.78 is 0. The number of amides is 2. The van der Waals surface area contributed by atoms with Gasteiger partial charge in [0.05, 0.1) is 22.9 Å². The fourth-order valence-electron chi connectivity index (χ4n) is 5.46. The monoisotopic (exact) mass is 453 g/mol. The van der Waals surface area contributed by atoms with E-state index < -0.39 is 0 Å². The van der Waals surface area contributed by atoms with Crippen molar-refractivity contribution in [2.75, 3.05) is 26.2 Å². The number of rotatable bonds is 2. The summed E-state index contributed by atoms with van der Waals surface area (Å²) in [6.07, 6.45) is 6.32. The second-order valence-electron chi connectivity index (χ2n) is 9.29. The Hall–Kier alpha value is -3.74. The van der Waals surface area contributed by atoms with E-state index in [1.54, 1.807) is 11.8 Å². The molecule has 0 bridgehead atoms. The summed E-state index contributed by atoms with van der Waals surface area (Å²) in [5.41, 5.74) is 7.50. The average Bonchev–Trinajstić information content (AvgIpc) is 3.37. The van der Waals surface area contributed by atoms with E-state index in [2.05, 4.69) is 16.3 Å². The average molecular weight is 454 g/mol. The maximum atomic E-state index is 13.0. The quantitative estimate of drug-likeness (QED) is 0.498. The maximum Gasteiger partial charge on any atom is 0.253 e. The van der Waals surface area contributed by atoms with Gasteiger partial charge in [-0.25, -0.2) is 4.98 Å². The van der Waals surface area contributed by atoms with Gasteiger partial charge in [-0.3, -0.25) is 14.7 Å². The van der Waals surface area contributed by atoms with Crippen molar-refractivity contribution in [3.8, 4) is 11.3 Å². The van der Waals surface area contributed by atoms with Crippen molar-refractivity contribution in [3.63, 3.8) is 0 Å². The molecule has 1 aliphatic heterocycles. The van der Waals surface area contributed by atoms with E-state index in [0.717, 1.165) is 46.9 Å². The van der Waals surface area contributed by atoms with E-state index in [0.29, 0.717) is 31.7 Å². The summed E-state index contributed by atoms with van der Waals surface area (Å²) in [6, 6.07) is 12.0. The number of benzene rings is 2. The van der Waals surface area contributed by atoms with Crippen molar-refractivity contribution in [2.45, 2.75) is 32.6 Å². The molecule has 0 atom stereocenters. The Morgan fingerprint density at radius 1 is 0.882 bits per heavy atom. The van der Waals surface area contributed by atoms with Crippen molar-refractivity contribution in [3.05, 3.63) is 59.3 Å². The van der Waals surface area contributed by atoms with Crippen LogP contribution in [0.25, 0.3) is 33.1 Å². The molecule has 0 saturated carbocycles. The normalized spacial score (nSPS) is 16.1. The zero-order chi connectivity index (χ0) is 23.2. The van der Waals surface area contributed by atoms with Gasteiger partial charge in [-0.15, -0.1) is 0 Å². The smallest absolute Gasteiger partial charge is 0.253 e. The number of nitrogens with one attached hydrogen (secondary N) is 1. The van der Waals surface area contributed by atoms with Crippen molar-refractivity contribution in [2.24, 2.45) is 0 Å². The molecular formula is C27H27N5O2. The molecular weight excluding hydrogens is 426 g/mol. The first kappa shape index (κ1) is 20.8. The summed E-state index contributed by atoms with van der Waals surface area (Å²) in [4.78, 5) is 33.3. The molecule has 6 rings (SSSR count). The topological polar surface area (TPSA) is 82.2 Å². The molecule has 0 unspecified atom stereocenters. The van der Waals surface area contributed by atoms with E-state index in [9.17, 15) is 9.59 Å². The van der Waals surface area contributed by atoms with Crippen LogP contribution in [0.5, 0.6) is 0 Å². The van der Waals surface area contributed by atoms with Gasteiger partial charge >= 0.3 is 0 Å². The third kappa shape index (κ3) is 3.43. The first-order chi connectivity index (χ1) is 16.6. The van der Waals surface area contributed by atoms with Crippen LogP contribution < -0.4 is 0 Å². The summed E-state index contributed by atoms with van der Waals surface area (Å²) in [5, 5.41) is 9.70. The van der Waals surface area contributed by atoms with Crippen LogP contribution in [0.2, 0.25) is 0 Å². The van der Waals surface area contributed by atoms with Crippen LogP contribution in [0.1, 0.15) is 41.3 Å². The fourth-order valence-corrected chi connectivity index (χ4v) is 5.46. The highest BCUT2D eigenvalue weighted by Crippen LogP contribution is 2.37. The minimum atomic E-state index is 0.0191. The molecule has 7 heteroatoms. The highest BCUT2D eigenvalue weighted by Gasteiger charge is 2.24. The molecule has 0 spiro atoms. The molecule has 4 aromatic rings. The molecule has 2 aromatic carbocycles. The third-order valence-corrected chi connectivity index (χ3v) is 7.31. The lowest BCUT2D eigenvalue weighted by Crippen LogP contribution is -2.50. The minimum Gasteiger partial charge on any atom is -0.339 e. The van der Waals surface area contributed by atoms with Crippen LogP contribution in [0.4, 0.5) is 0 Å². The second kappa shape index (κ2) is 8.24. The van der Waals surface area contributed by atoms with E-state index in [-0.39, 0.29) is 11.8 Å². The van der Waals surface area contributed by atoms with Gasteiger partial charge in [0.15, 0.2) is 0 Å². The molecule has 7 nitrogen and oxygen atoms in total. The van der Waals surface area contributed by atoms with Gasteiger partial charge in [0.25, 0.3) is 5.91 Å². The number of hydrogen-bond donors (Lipinski definition) is 1. The highest BCUT2D eigenvalue weighted by molar-refractivity contribution is 6.07. The van der Waals surface area contributed by atoms with E-state index in [1.165, 1.54) is 22.9 Å². The van der Waals surface area contributed by atoms with Crippen molar-refractivity contribution >= 4 is 33.6 Å². The van der Waals surface area contributed by atoms with Crippen LogP contribution in [0.15, 0.2) is 42.6 Å². The van der Waals surface area contributed by atoms with Gasteiger partial charge in [-0.1, -0.05) is 12.1 Å². The Morgan fingerprint density at radius 3 is 2.32 bits per heavy atom. The van der Waals surface area contributed by atoms with E-state index >= 15 is 0 Å². The van der Waals surface area contributed by atoms with E-state index in [4.69, 9.17) is 4.98 Å². The molecule has 1 N–H and O–H groups in total. The molecule has 1 aliphatic carbocycles. The fraction of sp³-hybridized carbons (Fsp3) is 0.333. The number of piperazine rings is 1. The molecule has 1 saturated heterocycles. The van der Waals surface area contributed by atoms with Crippen molar-refractivity contribution in [1.82, 2.24) is 25.0 Å². The Morgan fingerprint density at radius 2 is 1.59 bits per heavy atom. The molecule has 2 amide bonds. The van der Waals surface area contributed by atoms with Gasteiger partial charge in [0, 0.05) is 55.0 Å². The Kier molecular flexibility index (Phi) is 5.05. The number of H-pyrrole nitrogens is 1. The number of pyridine rings is 1. The molecule has 3 heterocycles. The number of hydrogen-bond acceptors (Lipinski definition) is 4. The molecule has 2 aliphatic rings. The summed E-state index contributed by atoms with van der Waals surface area (Å²) in [6.45, 7) is 3.91. The zero-order valence-corrected chi connectivity index (χ0v) is 19.3. The molecule has 1 fully saturated rings. The van der Waals surface area contributed by atoms with Gasteiger partial charge in [0.1, 0.15) is 0 Å². The zero-order valence-electron chi connectivity index (χ0n) is 19.3. The molecule has 0 radical (unpaired) electrons. The lowest BCUT2D eigenvalue weighted by molar-refractivity contribution is -0.130. The SMILES string of the molecule is CC(=O)N1CCN(C(=O)c2ccc(-c3nc4ccc5[nH]ncc5c4c4c3CCCC4)cc2)CC1. The summed E-state index contributed by atoms with van der Waals surface area (Å²) >= 11 is 0. The standard InChI is InChI=1S/C27H27N5O2/c1-17(33)31-12-14-32(15-13-31)27(34)19-8-6-18(7-9-19)26-21-5-3-2-4-20(21)25-22-16-28-30-23(22)10-11-24(25)29-26/h6-11,16H,2-5,12-15H2,1H3,(H,28,30). The third-order valence-electron chi connectivity index (χ3n) is 7.31. The number of aryl methyl sites for hydroxylation is 1. The Labute approximate surface area is 197 Å². The molecule has 34 heavy (non-hydrogen) atoms. The maximum absolute atomic E-state index is 13.0. The number of fused-ring (bicyclic) bond motifs is 5. The van der Waals surface area contributed by atoms with Crippen LogP contribution in [0, 0.1) is 0 Å². The minimum absolute atomic E-state index is 0.0191. The second-order valence-corrected chi connectivity index (χ2v) is 9.29. The first-order valence-corrected chi connectivity index (χ1v) is 12.0. The molecule has 172 valence electrons. The summed E-state index contributed by atoms with van der Waals surface area (Å²) in [5.74, 6) is 0.0850. The van der Waals surface area contributed by atoms with Gasteiger partial charge in [-0.2, -0.15) is 5.10 Å². The lowest BCUT2D eigenvalue weighted by Gasteiger charge is -2.34. The van der Waals surface area contributed by atoms with Crippen LogP contribution >= 0.6 is 0 Å². The van der Waals surface area contributed by atoms with Crippen molar-refractivity contribution < 1.29 is 9.59 Å². The predicted octanol–water partition coefficient (Wildman–Crippen LogP) is 3.96. The van der Waals surface area contributed by atoms with Crippen LogP contribution in [-0.2, 0) is 17.6 Å².